The Balaban J connectivity index is 2.09. The fourth-order valence-electron chi connectivity index (χ4n) is 3.35. The lowest BCUT2D eigenvalue weighted by Crippen LogP contribution is -2.23. The normalized spacial score (nSPS) is 15.7. The van der Waals surface area contributed by atoms with Gasteiger partial charge in [0.25, 0.3) is 0 Å². The van der Waals surface area contributed by atoms with Gasteiger partial charge in [-0.05, 0) is 87.6 Å². The third-order valence-electron chi connectivity index (χ3n) is 5.84. The molecule has 0 radical (unpaired) electrons. The van der Waals surface area contributed by atoms with Gasteiger partial charge in [0, 0.05) is 23.0 Å². The highest BCUT2D eigenvalue weighted by Crippen LogP contribution is 2.30. The van der Waals surface area contributed by atoms with E-state index in [4.69, 9.17) is 5.73 Å². The molecule has 0 bridgehead atoms. The Morgan fingerprint density at radius 2 is 1.59 bits per heavy atom. The number of benzene rings is 2. The second kappa shape index (κ2) is 7.59. The number of ketones is 1. The number of nitrogen functional groups attached to an aromatic ring is 1. The van der Waals surface area contributed by atoms with Crippen molar-refractivity contribution in [3.05, 3.63) is 75.2 Å². The van der Waals surface area contributed by atoms with Gasteiger partial charge in [-0.2, -0.15) is 0 Å². The van der Waals surface area contributed by atoms with Crippen LogP contribution >= 0.6 is 0 Å². The summed E-state index contributed by atoms with van der Waals surface area (Å²) in [6.07, 6.45) is 1.21. The molecular weight excluding hydrogens is 362 g/mol. The number of anilines is 2. The van der Waals surface area contributed by atoms with Crippen LogP contribution in [-0.4, -0.2) is 16.6 Å². The maximum atomic E-state index is 12.6. The number of aliphatic hydroxyl groups is 1. The summed E-state index contributed by atoms with van der Waals surface area (Å²) in [6, 6.07) is 7.61. The summed E-state index contributed by atoms with van der Waals surface area (Å²) in [5, 5.41) is 13.7. The van der Waals surface area contributed by atoms with E-state index in [1.165, 1.54) is 11.6 Å². The molecule has 0 fully saturated rings. The number of rotatable bonds is 3. The predicted molar refractivity (Wildman–Crippen MR) is 120 cm³/mol. The molecule has 0 atom stereocenters. The molecule has 2 aromatic carbocycles. The van der Waals surface area contributed by atoms with Crippen LogP contribution in [0.4, 0.5) is 17.1 Å². The largest absolute Gasteiger partial charge is 0.506 e. The van der Waals surface area contributed by atoms with Gasteiger partial charge >= 0.3 is 0 Å². The Morgan fingerprint density at radius 3 is 2.28 bits per heavy atom. The maximum absolute atomic E-state index is 12.6. The van der Waals surface area contributed by atoms with Crippen molar-refractivity contribution in [3.8, 4) is 0 Å². The van der Waals surface area contributed by atoms with Gasteiger partial charge in [-0.3, -0.25) is 4.79 Å². The third kappa shape index (κ3) is 3.68. The maximum Gasteiger partial charge on any atom is 0.208 e. The molecule has 4 N–H and O–H groups in total. The van der Waals surface area contributed by atoms with Gasteiger partial charge in [0.1, 0.15) is 11.5 Å². The molecule has 0 aliphatic heterocycles. The molecule has 5 nitrogen and oxygen atoms in total. The van der Waals surface area contributed by atoms with E-state index in [0.717, 1.165) is 33.6 Å². The van der Waals surface area contributed by atoms with Crippen molar-refractivity contribution >= 4 is 28.6 Å². The summed E-state index contributed by atoms with van der Waals surface area (Å²) in [5.74, 6) is -0.412. The van der Waals surface area contributed by atoms with Crippen LogP contribution < -0.4 is 11.1 Å². The zero-order valence-corrected chi connectivity index (χ0v) is 17.8. The number of aliphatic hydroxyl groups excluding tert-OH is 1. The molecule has 0 saturated heterocycles. The summed E-state index contributed by atoms with van der Waals surface area (Å²) >= 11 is 0. The van der Waals surface area contributed by atoms with Crippen LogP contribution in [-0.2, 0) is 4.79 Å². The fraction of sp³-hybridized carbons (Fsp3) is 0.250. The standard InChI is InChI=1S/C24H27N3O2/c1-12-7-9-19(15(4)13(12)2)26-23-17(6)24(22(29)11-21(23)28)27-20-10-8-18(25)14(3)16(20)5/h7-11,27,29H,25H2,1-6H3. The van der Waals surface area contributed by atoms with Gasteiger partial charge in [-0.15, -0.1) is 0 Å². The topological polar surface area (TPSA) is 87.7 Å². The average molecular weight is 389 g/mol. The molecule has 0 saturated carbocycles. The summed E-state index contributed by atoms with van der Waals surface area (Å²) in [5.41, 5.74) is 15.0. The molecule has 0 unspecified atom stereocenters. The summed E-state index contributed by atoms with van der Waals surface area (Å²) in [7, 11) is 0. The van der Waals surface area contributed by atoms with Gasteiger partial charge in [0.05, 0.1) is 11.4 Å². The Hall–Kier alpha value is -3.34. The lowest BCUT2D eigenvalue weighted by atomic mass is 9.97. The number of allylic oxidation sites excluding steroid dienone is 2. The number of carbonyl (C=O) groups is 1. The van der Waals surface area contributed by atoms with Crippen molar-refractivity contribution in [3.63, 3.8) is 0 Å². The Bertz CT molecular complexity index is 1120. The van der Waals surface area contributed by atoms with Crippen molar-refractivity contribution in [2.24, 2.45) is 4.99 Å². The Morgan fingerprint density at radius 1 is 0.897 bits per heavy atom. The number of hydrogen-bond donors (Lipinski definition) is 3. The van der Waals surface area contributed by atoms with Gasteiger partial charge in [-0.25, -0.2) is 4.99 Å². The summed E-state index contributed by atoms with van der Waals surface area (Å²) < 4.78 is 0. The molecule has 0 amide bonds. The SMILES string of the molecule is CC1=C(Nc2ccc(N)c(C)c2C)C(O)=CC(=O)C1=Nc1ccc(C)c(C)c1C. The minimum atomic E-state index is -0.312. The molecule has 3 rings (SSSR count). The van der Waals surface area contributed by atoms with Gasteiger partial charge in [0.2, 0.25) is 5.78 Å². The lowest BCUT2D eigenvalue weighted by Gasteiger charge is -2.21. The highest BCUT2D eigenvalue weighted by molar-refractivity contribution is 6.51. The second-order valence-corrected chi connectivity index (χ2v) is 7.58. The molecule has 1 aliphatic carbocycles. The zero-order valence-electron chi connectivity index (χ0n) is 17.8. The van der Waals surface area contributed by atoms with E-state index in [1.54, 1.807) is 6.92 Å². The molecular formula is C24H27N3O2. The molecule has 0 aromatic heterocycles. The number of nitrogens with two attached hydrogens (primary N) is 1. The van der Waals surface area contributed by atoms with E-state index in [2.05, 4.69) is 17.2 Å². The van der Waals surface area contributed by atoms with E-state index in [0.29, 0.717) is 22.7 Å². The highest BCUT2D eigenvalue weighted by Gasteiger charge is 2.25. The molecule has 0 heterocycles. The van der Waals surface area contributed by atoms with Gasteiger partial charge < -0.3 is 16.2 Å². The minimum Gasteiger partial charge on any atom is -0.506 e. The monoisotopic (exact) mass is 389 g/mol. The van der Waals surface area contributed by atoms with E-state index in [1.807, 2.05) is 52.0 Å². The average Bonchev–Trinajstić information content (AvgIpc) is 2.67. The third-order valence-corrected chi connectivity index (χ3v) is 5.84. The first-order valence-corrected chi connectivity index (χ1v) is 9.56. The van der Waals surface area contributed by atoms with Crippen LogP contribution in [0.15, 0.2) is 52.4 Å². The first kappa shape index (κ1) is 20.4. The van der Waals surface area contributed by atoms with E-state index in [9.17, 15) is 9.90 Å². The number of carbonyl (C=O) groups excluding carboxylic acids is 1. The van der Waals surface area contributed by atoms with Crippen LogP contribution in [0.25, 0.3) is 0 Å². The van der Waals surface area contributed by atoms with Crippen molar-refractivity contribution in [1.29, 1.82) is 0 Å². The zero-order chi connectivity index (χ0) is 21.5. The first-order chi connectivity index (χ1) is 13.6. The first-order valence-electron chi connectivity index (χ1n) is 9.56. The Labute approximate surface area is 171 Å². The fourth-order valence-corrected chi connectivity index (χ4v) is 3.35. The summed E-state index contributed by atoms with van der Waals surface area (Å²) in [6.45, 7) is 11.8. The highest BCUT2D eigenvalue weighted by atomic mass is 16.3. The number of aryl methyl sites for hydroxylation is 1. The van der Waals surface area contributed by atoms with E-state index >= 15 is 0 Å². The van der Waals surface area contributed by atoms with Crippen molar-refractivity contribution in [2.75, 3.05) is 11.1 Å². The molecule has 0 spiro atoms. The quantitative estimate of drug-likeness (QED) is 0.491. The smallest absolute Gasteiger partial charge is 0.208 e. The predicted octanol–water partition coefficient (Wildman–Crippen LogP) is 5.29. The van der Waals surface area contributed by atoms with Crippen LogP contribution in [0, 0.1) is 34.6 Å². The second-order valence-electron chi connectivity index (χ2n) is 7.58. The van der Waals surface area contributed by atoms with Crippen molar-refractivity contribution in [1.82, 2.24) is 0 Å². The molecule has 1 aliphatic rings. The van der Waals surface area contributed by atoms with Crippen LogP contribution in [0.1, 0.15) is 34.7 Å². The number of nitrogens with one attached hydrogen (secondary N) is 1. The van der Waals surface area contributed by atoms with Crippen molar-refractivity contribution < 1.29 is 9.90 Å². The van der Waals surface area contributed by atoms with Crippen LogP contribution in [0.2, 0.25) is 0 Å². The lowest BCUT2D eigenvalue weighted by molar-refractivity contribution is -0.109. The van der Waals surface area contributed by atoms with Crippen molar-refractivity contribution in [2.45, 2.75) is 41.5 Å². The number of aliphatic imine (C=N–C) groups is 1. The van der Waals surface area contributed by atoms with Crippen LogP contribution in [0.5, 0.6) is 0 Å². The van der Waals surface area contributed by atoms with Crippen LogP contribution in [0.3, 0.4) is 0 Å². The Kier molecular flexibility index (Phi) is 5.33. The van der Waals surface area contributed by atoms with Gasteiger partial charge in [0.15, 0.2) is 0 Å². The molecule has 150 valence electrons. The number of nitrogens with zero attached hydrogens (tertiary/aromatic N) is 1. The molecule has 29 heavy (non-hydrogen) atoms. The summed E-state index contributed by atoms with van der Waals surface area (Å²) in [4.78, 5) is 17.3. The van der Waals surface area contributed by atoms with E-state index < -0.39 is 0 Å². The van der Waals surface area contributed by atoms with Gasteiger partial charge in [-0.1, -0.05) is 6.07 Å². The number of hydrogen-bond acceptors (Lipinski definition) is 5. The minimum absolute atomic E-state index is 0.0999. The van der Waals surface area contributed by atoms with E-state index in [-0.39, 0.29) is 11.5 Å². The molecule has 5 heteroatoms. The molecule has 2 aromatic rings.